The molecular weight excluding hydrogens is 216 g/mol. The van der Waals surface area contributed by atoms with Gasteiger partial charge in [0.25, 0.3) is 5.91 Å². The number of carbonyl (C=O) groups excluding carboxylic acids is 2. The van der Waals surface area contributed by atoms with Crippen LogP contribution in [0.15, 0.2) is 41.5 Å². The van der Waals surface area contributed by atoms with Crippen LogP contribution in [0.1, 0.15) is 13.3 Å². The van der Waals surface area contributed by atoms with Gasteiger partial charge in [-0.05, 0) is 24.6 Å². The molecule has 2 amide bonds. The second-order valence-corrected chi connectivity index (χ2v) is 3.81. The maximum Gasteiger partial charge on any atom is 0.275 e. The normalized spacial score (nSPS) is 16.1. The van der Waals surface area contributed by atoms with Crippen molar-refractivity contribution in [3.63, 3.8) is 0 Å². The predicted octanol–water partition coefficient (Wildman–Crippen LogP) is 1.79. The fraction of sp³-hybridized carbons (Fsp3) is 0.154. The molecule has 0 aromatic heterocycles. The number of nitrogens with zero attached hydrogens (tertiary/aromatic N) is 2. The summed E-state index contributed by atoms with van der Waals surface area (Å²) < 4.78 is 0. The highest BCUT2D eigenvalue weighted by atomic mass is 16.2. The zero-order valence-corrected chi connectivity index (χ0v) is 9.30. The van der Waals surface area contributed by atoms with E-state index in [0.717, 1.165) is 4.90 Å². The van der Waals surface area contributed by atoms with E-state index in [1.165, 1.54) is 0 Å². The third kappa shape index (κ3) is 1.83. The van der Waals surface area contributed by atoms with Crippen LogP contribution in [0.2, 0.25) is 0 Å². The summed E-state index contributed by atoms with van der Waals surface area (Å²) in [6.07, 6.45) is 0.115. The quantitative estimate of drug-likeness (QED) is 0.686. The lowest BCUT2D eigenvalue weighted by Gasteiger charge is -2.25. The van der Waals surface area contributed by atoms with E-state index in [-0.39, 0.29) is 17.9 Å². The highest BCUT2D eigenvalue weighted by Crippen LogP contribution is 2.25. The zero-order valence-electron chi connectivity index (χ0n) is 9.30. The van der Waals surface area contributed by atoms with E-state index in [2.05, 4.69) is 0 Å². The highest BCUT2D eigenvalue weighted by Gasteiger charge is 2.32. The molecule has 1 aliphatic heterocycles. The maximum atomic E-state index is 12.0. The van der Waals surface area contributed by atoms with Crippen LogP contribution >= 0.6 is 0 Å². The Morgan fingerprint density at radius 3 is 2.47 bits per heavy atom. The molecule has 0 fully saturated rings. The Labute approximate surface area is 98.8 Å². The average molecular weight is 226 g/mol. The van der Waals surface area contributed by atoms with Gasteiger partial charge in [0.1, 0.15) is 11.6 Å². The van der Waals surface area contributed by atoms with Gasteiger partial charge in [0.15, 0.2) is 0 Å². The number of carbonyl (C=O) groups is 2. The summed E-state index contributed by atoms with van der Waals surface area (Å²) in [6.45, 7) is 1.64. The van der Waals surface area contributed by atoms with Crippen LogP contribution in [0, 0.1) is 11.3 Å². The summed E-state index contributed by atoms with van der Waals surface area (Å²) in [6, 6.07) is 10.5. The molecule has 2 rings (SSSR count). The van der Waals surface area contributed by atoms with Gasteiger partial charge in [-0.15, -0.1) is 0 Å². The van der Waals surface area contributed by atoms with Crippen LogP contribution in [0.3, 0.4) is 0 Å². The molecular formula is C13H10N2O2. The summed E-state index contributed by atoms with van der Waals surface area (Å²) in [5, 5.41) is 8.92. The van der Waals surface area contributed by atoms with Crippen LogP contribution in [0.4, 0.5) is 5.69 Å². The van der Waals surface area contributed by atoms with Gasteiger partial charge in [0, 0.05) is 0 Å². The maximum absolute atomic E-state index is 12.0. The lowest BCUT2D eigenvalue weighted by molar-refractivity contribution is -0.125. The van der Waals surface area contributed by atoms with Crippen molar-refractivity contribution in [1.82, 2.24) is 0 Å². The van der Waals surface area contributed by atoms with E-state index < -0.39 is 5.91 Å². The predicted molar refractivity (Wildman–Crippen MR) is 61.9 cm³/mol. The molecule has 1 aromatic carbocycles. The number of nitriles is 1. The summed E-state index contributed by atoms with van der Waals surface area (Å²) in [4.78, 5) is 24.9. The molecule has 0 aliphatic carbocycles. The summed E-state index contributed by atoms with van der Waals surface area (Å²) in [5.74, 6) is -0.829. The Bertz CT molecular complexity index is 553. The van der Waals surface area contributed by atoms with Crippen molar-refractivity contribution in [1.29, 1.82) is 5.26 Å². The molecule has 0 saturated carbocycles. The molecule has 0 atom stereocenters. The summed E-state index contributed by atoms with van der Waals surface area (Å²) in [7, 11) is 0. The van der Waals surface area contributed by atoms with E-state index in [9.17, 15) is 9.59 Å². The zero-order chi connectivity index (χ0) is 12.4. The minimum absolute atomic E-state index is 0.0634. The molecule has 0 unspecified atom stereocenters. The molecule has 0 radical (unpaired) electrons. The number of anilines is 1. The molecule has 0 spiro atoms. The molecule has 0 bridgehead atoms. The third-order valence-corrected chi connectivity index (χ3v) is 2.64. The van der Waals surface area contributed by atoms with Gasteiger partial charge in [0.2, 0.25) is 5.91 Å². The van der Waals surface area contributed by atoms with Gasteiger partial charge in [-0.25, -0.2) is 4.90 Å². The van der Waals surface area contributed by atoms with E-state index >= 15 is 0 Å². The van der Waals surface area contributed by atoms with Crippen LogP contribution in [-0.2, 0) is 9.59 Å². The summed E-state index contributed by atoms with van der Waals surface area (Å²) in [5.41, 5.74) is 1.10. The lowest BCUT2D eigenvalue weighted by Crippen LogP contribution is -2.41. The molecule has 0 N–H and O–H groups in total. The van der Waals surface area contributed by atoms with Gasteiger partial charge in [-0.1, -0.05) is 18.2 Å². The standard InChI is InChI=1S/C13H10N2O2/c1-9-7-12(16)15(13(17)11(9)8-14)10-5-3-2-4-6-10/h2-6H,7H2,1H3. The monoisotopic (exact) mass is 226 g/mol. The molecule has 1 heterocycles. The minimum Gasteiger partial charge on any atom is -0.274 e. The topological polar surface area (TPSA) is 61.2 Å². The van der Waals surface area contributed by atoms with Crippen molar-refractivity contribution in [2.75, 3.05) is 4.90 Å². The first-order chi connectivity index (χ1) is 8.15. The molecule has 4 nitrogen and oxygen atoms in total. The largest absolute Gasteiger partial charge is 0.275 e. The van der Waals surface area contributed by atoms with Crippen LogP contribution < -0.4 is 4.90 Å². The molecule has 0 saturated heterocycles. The number of para-hydroxylation sites is 1. The van der Waals surface area contributed by atoms with Crippen molar-refractivity contribution in [3.8, 4) is 6.07 Å². The van der Waals surface area contributed by atoms with Crippen molar-refractivity contribution >= 4 is 17.5 Å². The van der Waals surface area contributed by atoms with E-state index in [1.54, 1.807) is 37.3 Å². The highest BCUT2D eigenvalue weighted by molar-refractivity contribution is 6.25. The van der Waals surface area contributed by atoms with E-state index in [4.69, 9.17) is 5.26 Å². The first-order valence-electron chi connectivity index (χ1n) is 5.17. The summed E-state index contributed by atoms with van der Waals surface area (Å²) >= 11 is 0. The molecule has 4 heteroatoms. The van der Waals surface area contributed by atoms with Crippen molar-refractivity contribution in [3.05, 3.63) is 41.5 Å². The minimum atomic E-state index is -0.535. The van der Waals surface area contributed by atoms with Crippen molar-refractivity contribution in [2.45, 2.75) is 13.3 Å². The second-order valence-electron chi connectivity index (χ2n) is 3.81. The van der Waals surface area contributed by atoms with Crippen LogP contribution in [0.25, 0.3) is 0 Å². The molecule has 1 aromatic rings. The number of imide groups is 1. The Morgan fingerprint density at radius 2 is 1.88 bits per heavy atom. The van der Waals surface area contributed by atoms with Crippen molar-refractivity contribution in [2.24, 2.45) is 0 Å². The van der Waals surface area contributed by atoms with Gasteiger partial charge in [0.05, 0.1) is 12.1 Å². The van der Waals surface area contributed by atoms with Gasteiger partial charge in [-0.2, -0.15) is 5.26 Å². The number of hydrogen-bond acceptors (Lipinski definition) is 3. The Kier molecular flexibility index (Phi) is 2.75. The first-order valence-corrected chi connectivity index (χ1v) is 5.17. The lowest BCUT2D eigenvalue weighted by atomic mass is 10.0. The molecule has 84 valence electrons. The van der Waals surface area contributed by atoms with Crippen LogP contribution in [0.5, 0.6) is 0 Å². The fourth-order valence-electron chi connectivity index (χ4n) is 1.78. The third-order valence-electron chi connectivity index (χ3n) is 2.64. The Morgan fingerprint density at radius 1 is 1.24 bits per heavy atom. The Balaban J connectivity index is 2.48. The number of hydrogen-bond donors (Lipinski definition) is 0. The SMILES string of the molecule is CC1=C(C#N)C(=O)N(c2ccccc2)C(=O)C1. The fourth-order valence-corrected chi connectivity index (χ4v) is 1.78. The molecule has 17 heavy (non-hydrogen) atoms. The van der Waals surface area contributed by atoms with Crippen molar-refractivity contribution < 1.29 is 9.59 Å². The number of amides is 2. The first kappa shape index (κ1) is 11.1. The number of benzene rings is 1. The Hall–Kier alpha value is -2.41. The van der Waals surface area contributed by atoms with Gasteiger partial charge in [-0.3, -0.25) is 9.59 Å². The smallest absolute Gasteiger partial charge is 0.274 e. The average Bonchev–Trinajstić information content (AvgIpc) is 2.30. The number of rotatable bonds is 1. The van der Waals surface area contributed by atoms with Crippen LogP contribution in [-0.4, -0.2) is 11.8 Å². The van der Waals surface area contributed by atoms with Gasteiger partial charge >= 0.3 is 0 Å². The second kappa shape index (κ2) is 4.22. The van der Waals surface area contributed by atoms with E-state index in [1.807, 2.05) is 6.07 Å². The molecule has 1 aliphatic rings. The van der Waals surface area contributed by atoms with E-state index in [0.29, 0.717) is 11.3 Å². The van der Waals surface area contributed by atoms with Gasteiger partial charge < -0.3 is 0 Å².